The number of methoxy groups -OCH3 is 1. The first-order valence-corrected chi connectivity index (χ1v) is 4.53. The van der Waals surface area contributed by atoms with Crippen LogP contribution in [0.5, 0.6) is 5.88 Å². The number of ether oxygens (including phenoxy) is 1. The van der Waals surface area contributed by atoms with Crippen molar-refractivity contribution < 1.29 is 4.74 Å². The second-order valence-electron chi connectivity index (χ2n) is 3.03. The number of pyridine rings is 1. The largest absolute Gasteiger partial charge is 0.481 e. The van der Waals surface area contributed by atoms with Gasteiger partial charge in [-0.15, -0.1) is 0 Å². The van der Waals surface area contributed by atoms with E-state index in [-0.39, 0.29) is 6.04 Å². The average molecular weight is 180 g/mol. The van der Waals surface area contributed by atoms with Crippen molar-refractivity contribution in [1.29, 1.82) is 0 Å². The molecule has 0 aliphatic heterocycles. The van der Waals surface area contributed by atoms with Crippen molar-refractivity contribution >= 4 is 0 Å². The Hall–Kier alpha value is -1.09. The van der Waals surface area contributed by atoms with E-state index in [0.717, 1.165) is 18.4 Å². The van der Waals surface area contributed by atoms with E-state index in [9.17, 15) is 0 Å². The van der Waals surface area contributed by atoms with E-state index in [1.165, 1.54) is 0 Å². The standard InChI is InChI=1S/C10H16N2O/c1-3-4-9(11)8-5-6-12-10(7-8)13-2/h5-7,9H,3-4,11H2,1-2H3. The first-order valence-electron chi connectivity index (χ1n) is 4.53. The molecule has 1 unspecified atom stereocenters. The van der Waals surface area contributed by atoms with Crippen LogP contribution >= 0.6 is 0 Å². The highest BCUT2D eigenvalue weighted by atomic mass is 16.5. The van der Waals surface area contributed by atoms with Crippen molar-refractivity contribution in [3.05, 3.63) is 23.9 Å². The van der Waals surface area contributed by atoms with Crippen molar-refractivity contribution in [1.82, 2.24) is 4.98 Å². The van der Waals surface area contributed by atoms with E-state index in [1.807, 2.05) is 12.1 Å². The summed E-state index contributed by atoms with van der Waals surface area (Å²) in [7, 11) is 1.61. The number of nitrogens with two attached hydrogens (primary N) is 1. The SMILES string of the molecule is CCCC(N)c1ccnc(OC)c1. The second-order valence-corrected chi connectivity index (χ2v) is 3.03. The number of rotatable bonds is 4. The topological polar surface area (TPSA) is 48.1 Å². The van der Waals surface area contributed by atoms with Gasteiger partial charge in [0.25, 0.3) is 0 Å². The molecule has 0 amide bonds. The van der Waals surface area contributed by atoms with Gasteiger partial charge >= 0.3 is 0 Å². The molecule has 0 aliphatic carbocycles. The van der Waals surface area contributed by atoms with Crippen LogP contribution in [0, 0.1) is 0 Å². The monoisotopic (exact) mass is 180 g/mol. The van der Waals surface area contributed by atoms with Crippen LogP contribution in [0.2, 0.25) is 0 Å². The molecule has 0 saturated carbocycles. The smallest absolute Gasteiger partial charge is 0.213 e. The van der Waals surface area contributed by atoms with Crippen LogP contribution in [0.15, 0.2) is 18.3 Å². The maximum Gasteiger partial charge on any atom is 0.213 e. The summed E-state index contributed by atoms with van der Waals surface area (Å²) < 4.78 is 5.02. The Morgan fingerprint density at radius 2 is 2.38 bits per heavy atom. The van der Waals surface area contributed by atoms with Gasteiger partial charge in [0.1, 0.15) is 0 Å². The Bertz CT molecular complexity index is 263. The zero-order chi connectivity index (χ0) is 9.68. The Morgan fingerprint density at radius 1 is 1.62 bits per heavy atom. The average Bonchev–Trinajstić information content (AvgIpc) is 2.18. The van der Waals surface area contributed by atoms with Crippen LogP contribution in [-0.4, -0.2) is 12.1 Å². The minimum Gasteiger partial charge on any atom is -0.481 e. The van der Waals surface area contributed by atoms with Gasteiger partial charge in [-0.1, -0.05) is 13.3 Å². The predicted molar refractivity (Wildman–Crippen MR) is 52.6 cm³/mol. The van der Waals surface area contributed by atoms with E-state index in [0.29, 0.717) is 5.88 Å². The third kappa shape index (κ3) is 2.70. The molecule has 1 aromatic heterocycles. The van der Waals surface area contributed by atoms with Gasteiger partial charge in [0.2, 0.25) is 5.88 Å². The van der Waals surface area contributed by atoms with Crippen molar-refractivity contribution in [2.75, 3.05) is 7.11 Å². The molecule has 0 aliphatic rings. The molecule has 3 nitrogen and oxygen atoms in total. The van der Waals surface area contributed by atoms with Gasteiger partial charge in [-0.3, -0.25) is 0 Å². The van der Waals surface area contributed by atoms with Gasteiger partial charge in [-0.2, -0.15) is 0 Å². The van der Waals surface area contributed by atoms with Crippen molar-refractivity contribution in [2.45, 2.75) is 25.8 Å². The maximum atomic E-state index is 5.95. The molecule has 0 aromatic carbocycles. The Morgan fingerprint density at radius 3 is 3.00 bits per heavy atom. The summed E-state index contributed by atoms with van der Waals surface area (Å²) in [4.78, 5) is 4.02. The lowest BCUT2D eigenvalue weighted by Crippen LogP contribution is -2.09. The van der Waals surface area contributed by atoms with Crippen LogP contribution in [0.4, 0.5) is 0 Å². The Kier molecular flexibility index (Phi) is 3.71. The Labute approximate surface area is 78.9 Å². The Balaban J connectivity index is 2.75. The van der Waals surface area contributed by atoms with Crippen molar-refractivity contribution in [3.63, 3.8) is 0 Å². The number of nitrogens with zero attached hydrogens (tertiary/aromatic N) is 1. The molecule has 72 valence electrons. The highest BCUT2D eigenvalue weighted by molar-refractivity contribution is 5.23. The molecular formula is C10H16N2O. The van der Waals surface area contributed by atoms with Crippen LogP contribution in [-0.2, 0) is 0 Å². The minimum absolute atomic E-state index is 0.0990. The molecule has 13 heavy (non-hydrogen) atoms. The van der Waals surface area contributed by atoms with Gasteiger partial charge in [-0.25, -0.2) is 4.98 Å². The van der Waals surface area contributed by atoms with E-state index in [4.69, 9.17) is 10.5 Å². The first kappa shape index (κ1) is 9.99. The number of hydrogen-bond donors (Lipinski definition) is 1. The molecule has 1 atom stereocenters. The summed E-state index contributed by atoms with van der Waals surface area (Å²) in [5, 5.41) is 0. The number of aromatic nitrogens is 1. The second kappa shape index (κ2) is 4.82. The molecule has 0 fully saturated rings. The highest BCUT2D eigenvalue weighted by Gasteiger charge is 2.05. The summed E-state index contributed by atoms with van der Waals surface area (Å²) in [6, 6.07) is 3.92. The maximum absolute atomic E-state index is 5.95. The number of hydrogen-bond acceptors (Lipinski definition) is 3. The zero-order valence-electron chi connectivity index (χ0n) is 8.16. The molecule has 0 saturated heterocycles. The molecule has 3 heteroatoms. The fourth-order valence-corrected chi connectivity index (χ4v) is 1.24. The lowest BCUT2D eigenvalue weighted by molar-refractivity contribution is 0.396. The summed E-state index contributed by atoms with van der Waals surface area (Å²) in [6.45, 7) is 2.12. The summed E-state index contributed by atoms with van der Waals surface area (Å²) in [5.41, 5.74) is 7.04. The lowest BCUT2D eigenvalue weighted by atomic mass is 10.1. The molecule has 0 bridgehead atoms. The summed E-state index contributed by atoms with van der Waals surface area (Å²) in [5.74, 6) is 0.629. The third-order valence-corrected chi connectivity index (χ3v) is 2.00. The van der Waals surface area contributed by atoms with Gasteiger partial charge in [-0.05, 0) is 18.1 Å². The van der Waals surface area contributed by atoms with Crippen LogP contribution in [0.25, 0.3) is 0 Å². The molecule has 1 aromatic rings. The van der Waals surface area contributed by atoms with E-state index in [1.54, 1.807) is 13.3 Å². The molecule has 0 radical (unpaired) electrons. The van der Waals surface area contributed by atoms with Crippen molar-refractivity contribution in [2.24, 2.45) is 5.73 Å². The zero-order valence-corrected chi connectivity index (χ0v) is 8.16. The summed E-state index contributed by atoms with van der Waals surface area (Å²) >= 11 is 0. The van der Waals surface area contributed by atoms with Gasteiger partial charge in [0, 0.05) is 18.3 Å². The molecule has 2 N–H and O–H groups in total. The minimum atomic E-state index is 0.0990. The van der Waals surface area contributed by atoms with Gasteiger partial charge in [0.15, 0.2) is 0 Å². The summed E-state index contributed by atoms with van der Waals surface area (Å²) in [6.07, 6.45) is 3.81. The molecule has 1 rings (SSSR count). The van der Waals surface area contributed by atoms with Crippen LogP contribution in [0.3, 0.4) is 0 Å². The fraction of sp³-hybridized carbons (Fsp3) is 0.500. The molecular weight excluding hydrogens is 164 g/mol. The normalized spacial score (nSPS) is 12.5. The fourth-order valence-electron chi connectivity index (χ4n) is 1.24. The van der Waals surface area contributed by atoms with Crippen LogP contribution < -0.4 is 10.5 Å². The molecule has 1 heterocycles. The van der Waals surface area contributed by atoms with Gasteiger partial charge < -0.3 is 10.5 Å². The quantitative estimate of drug-likeness (QED) is 0.769. The van der Waals surface area contributed by atoms with Crippen molar-refractivity contribution in [3.8, 4) is 5.88 Å². The molecule has 0 spiro atoms. The highest BCUT2D eigenvalue weighted by Crippen LogP contribution is 2.18. The van der Waals surface area contributed by atoms with E-state index >= 15 is 0 Å². The van der Waals surface area contributed by atoms with Gasteiger partial charge in [0.05, 0.1) is 7.11 Å². The predicted octanol–water partition coefficient (Wildman–Crippen LogP) is 1.89. The third-order valence-electron chi connectivity index (χ3n) is 2.00. The first-order chi connectivity index (χ1) is 6.27. The van der Waals surface area contributed by atoms with E-state index < -0.39 is 0 Å². The van der Waals surface area contributed by atoms with Crippen LogP contribution in [0.1, 0.15) is 31.4 Å². The van der Waals surface area contributed by atoms with E-state index in [2.05, 4.69) is 11.9 Å². The lowest BCUT2D eigenvalue weighted by Gasteiger charge is -2.10.